The van der Waals surface area contributed by atoms with E-state index in [0.29, 0.717) is 22.6 Å². The van der Waals surface area contributed by atoms with Gasteiger partial charge in [0.05, 0.1) is 22.6 Å². The van der Waals surface area contributed by atoms with Crippen molar-refractivity contribution in [2.24, 2.45) is 4.99 Å². The first-order valence-corrected chi connectivity index (χ1v) is 9.12. The van der Waals surface area contributed by atoms with Gasteiger partial charge in [0, 0.05) is 11.1 Å². The number of aromatic hydroxyl groups is 1. The van der Waals surface area contributed by atoms with Crippen LogP contribution in [0.2, 0.25) is 0 Å². The number of isocyanates is 1. The zero-order valence-electron chi connectivity index (χ0n) is 15.2. The molecule has 142 valence electrons. The maximum atomic E-state index is 11.0. The maximum Gasteiger partial charge on any atom is 0.259 e. The quantitative estimate of drug-likeness (QED) is 0.186. The van der Waals surface area contributed by atoms with Gasteiger partial charge in [-0.1, -0.05) is 24.8 Å². The molecule has 2 aromatic rings. The lowest BCUT2D eigenvalue weighted by Crippen LogP contribution is -2.16. The second kappa shape index (κ2) is 8.18. The lowest BCUT2D eigenvalue weighted by Gasteiger charge is -2.25. The number of nitrogens with one attached hydrogen (secondary N) is 2. The van der Waals surface area contributed by atoms with Crippen LogP contribution in [-0.4, -0.2) is 19.9 Å². The predicted octanol–water partition coefficient (Wildman–Crippen LogP) is 4.29. The van der Waals surface area contributed by atoms with Crippen molar-refractivity contribution in [3.8, 4) is 5.75 Å². The third kappa shape index (κ3) is 4.83. The molecule has 0 bridgehead atoms. The molecule has 0 fully saturated rings. The Hall–Kier alpha value is -2.93. The number of anilines is 3. The number of carbonyl (C=O) groups excluding carboxylic acids is 1. The number of phenolic OH excluding ortho intramolecular Hbond substituents is 1. The van der Waals surface area contributed by atoms with Crippen molar-refractivity contribution >= 4 is 40.0 Å². The molecular weight excluding hydrogens is 366 g/mol. The van der Waals surface area contributed by atoms with Gasteiger partial charge in [-0.25, -0.2) is 9.00 Å². The normalized spacial score (nSPS) is 12.0. The van der Waals surface area contributed by atoms with Gasteiger partial charge < -0.3 is 10.4 Å². The van der Waals surface area contributed by atoms with Crippen LogP contribution in [0, 0.1) is 0 Å². The van der Waals surface area contributed by atoms with Gasteiger partial charge in [-0.2, -0.15) is 4.99 Å². The second-order valence-electron chi connectivity index (χ2n) is 6.48. The molecule has 0 radical (unpaired) electrons. The van der Waals surface area contributed by atoms with Gasteiger partial charge in [-0.3, -0.25) is 9.27 Å². The molecule has 0 saturated heterocycles. The minimum atomic E-state index is -2.24. The van der Waals surface area contributed by atoms with Crippen molar-refractivity contribution in [3.63, 3.8) is 0 Å². The van der Waals surface area contributed by atoms with Gasteiger partial charge in [-0.05, 0) is 44.5 Å². The second-order valence-corrected chi connectivity index (χ2v) is 7.18. The average molecular weight is 387 g/mol. The van der Waals surface area contributed by atoms with Crippen LogP contribution in [0.15, 0.2) is 48.0 Å². The molecule has 27 heavy (non-hydrogen) atoms. The van der Waals surface area contributed by atoms with E-state index in [9.17, 15) is 14.1 Å². The van der Waals surface area contributed by atoms with E-state index in [0.717, 1.165) is 11.1 Å². The molecule has 0 aliphatic rings. The third-order valence-corrected chi connectivity index (χ3v) is 4.38. The number of hydrogen-bond donors (Lipinski definition) is 4. The summed E-state index contributed by atoms with van der Waals surface area (Å²) in [4.78, 5) is 14.7. The van der Waals surface area contributed by atoms with Gasteiger partial charge >= 0.3 is 0 Å². The van der Waals surface area contributed by atoms with E-state index in [1.165, 1.54) is 18.2 Å². The zero-order chi connectivity index (χ0) is 20.2. The summed E-state index contributed by atoms with van der Waals surface area (Å²) < 4.78 is 22.3. The molecule has 0 aromatic heterocycles. The molecule has 0 spiro atoms. The lowest BCUT2D eigenvalue weighted by atomic mass is 9.89. The number of para-hydroxylation sites is 1. The van der Waals surface area contributed by atoms with Crippen LogP contribution >= 0.6 is 0 Å². The number of aliphatic imine (C=N–C) groups is 1. The van der Waals surface area contributed by atoms with Crippen LogP contribution in [0.25, 0.3) is 5.57 Å². The van der Waals surface area contributed by atoms with Crippen molar-refractivity contribution in [2.45, 2.75) is 26.3 Å². The molecule has 2 rings (SSSR count). The maximum absolute atomic E-state index is 11.0. The summed E-state index contributed by atoms with van der Waals surface area (Å²) >= 11 is -2.24. The largest absolute Gasteiger partial charge is 0.506 e. The molecule has 1 unspecified atom stereocenters. The number of benzene rings is 2. The number of allylic oxidation sites excluding steroid dienone is 1. The number of phenols is 1. The summed E-state index contributed by atoms with van der Waals surface area (Å²) in [5, 5.41) is 13.4. The van der Waals surface area contributed by atoms with Crippen LogP contribution in [0.3, 0.4) is 0 Å². The molecular formula is C19H21N3O4S. The van der Waals surface area contributed by atoms with Crippen molar-refractivity contribution in [1.82, 2.24) is 0 Å². The van der Waals surface area contributed by atoms with Crippen molar-refractivity contribution in [1.29, 1.82) is 0 Å². The van der Waals surface area contributed by atoms with E-state index in [2.05, 4.69) is 21.6 Å². The minimum absolute atomic E-state index is 0.0524. The molecule has 7 nitrogen and oxygen atoms in total. The zero-order valence-corrected chi connectivity index (χ0v) is 16.1. The van der Waals surface area contributed by atoms with Gasteiger partial charge in [-0.15, -0.1) is 0 Å². The summed E-state index contributed by atoms with van der Waals surface area (Å²) in [5.41, 5.74) is 2.66. The molecule has 4 N–H and O–H groups in total. The molecule has 0 aliphatic heterocycles. The van der Waals surface area contributed by atoms with Crippen molar-refractivity contribution in [3.05, 3.63) is 54.1 Å². The van der Waals surface area contributed by atoms with E-state index >= 15 is 0 Å². The van der Waals surface area contributed by atoms with Crippen LogP contribution < -0.4 is 10.0 Å². The fourth-order valence-corrected chi connectivity index (χ4v) is 2.99. The summed E-state index contributed by atoms with van der Waals surface area (Å²) in [6.07, 6.45) is 1.59. The smallest absolute Gasteiger partial charge is 0.259 e. The number of hydrogen-bond acceptors (Lipinski definition) is 5. The summed E-state index contributed by atoms with van der Waals surface area (Å²) in [5.74, 6) is -0.0524. The molecule has 1 atom stereocenters. The van der Waals surface area contributed by atoms with E-state index in [1.807, 2.05) is 25.1 Å². The molecule has 0 aliphatic carbocycles. The Labute approximate surface area is 160 Å². The summed E-state index contributed by atoms with van der Waals surface area (Å²) in [7, 11) is 0. The third-order valence-electron chi connectivity index (χ3n) is 3.97. The molecule has 8 heteroatoms. The SMILES string of the molecule is C=C(C)c1cccc(C(C)(C)N=C=O)c1Nc1cc(NS(=O)O)ccc1O. The van der Waals surface area contributed by atoms with Crippen molar-refractivity contribution in [2.75, 3.05) is 10.0 Å². The van der Waals surface area contributed by atoms with Gasteiger partial charge in [0.15, 0.2) is 0 Å². The van der Waals surface area contributed by atoms with Crippen LogP contribution in [-0.2, 0) is 21.6 Å². The van der Waals surface area contributed by atoms with E-state index in [-0.39, 0.29) is 5.75 Å². The molecule has 0 heterocycles. The highest BCUT2D eigenvalue weighted by molar-refractivity contribution is 7.80. The van der Waals surface area contributed by atoms with Crippen LogP contribution in [0.4, 0.5) is 17.1 Å². The first-order chi connectivity index (χ1) is 12.7. The Kier molecular flexibility index (Phi) is 6.17. The standard InChI is InChI=1S/C19H21N3O4S/c1-12(2)14-6-5-7-15(19(3,4)20-11-23)18(14)21-16-10-13(22-27(25)26)8-9-17(16)24/h5-10,21-22,24H,1H2,2-4H3,(H,25,26). The summed E-state index contributed by atoms with van der Waals surface area (Å²) in [6.45, 7) is 9.36. The highest BCUT2D eigenvalue weighted by Gasteiger charge is 2.25. The van der Waals surface area contributed by atoms with Crippen molar-refractivity contribution < 1.29 is 18.7 Å². The Bertz CT molecular complexity index is 950. The Balaban J connectivity index is 2.63. The highest BCUT2D eigenvalue weighted by Crippen LogP contribution is 2.39. The Morgan fingerprint density at radius 1 is 1.30 bits per heavy atom. The van der Waals surface area contributed by atoms with E-state index < -0.39 is 16.8 Å². The number of rotatable bonds is 7. The monoisotopic (exact) mass is 387 g/mol. The van der Waals surface area contributed by atoms with E-state index in [1.54, 1.807) is 19.9 Å². The van der Waals surface area contributed by atoms with E-state index in [4.69, 9.17) is 4.55 Å². The predicted molar refractivity (Wildman–Crippen MR) is 108 cm³/mol. The first-order valence-electron chi connectivity index (χ1n) is 8.01. The minimum Gasteiger partial charge on any atom is -0.506 e. The number of nitrogens with zero attached hydrogens (tertiary/aromatic N) is 1. The molecule has 2 aromatic carbocycles. The van der Waals surface area contributed by atoms with Crippen LogP contribution in [0.5, 0.6) is 5.75 Å². The summed E-state index contributed by atoms with van der Waals surface area (Å²) in [6, 6.07) is 9.88. The van der Waals surface area contributed by atoms with Gasteiger partial charge in [0.25, 0.3) is 11.3 Å². The Morgan fingerprint density at radius 2 is 2.00 bits per heavy atom. The van der Waals surface area contributed by atoms with Crippen LogP contribution in [0.1, 0.15) is 31.9 Å². The highest BCUT2D eigenvalue weighted by atomic mass is 32.2. The van der Waals surface area contributed by atoms with Gasteiger partial charge in [0.2, 0.25) is 6.08 Å². The molecule has 0 saturated carbocycles. The molecule has 0 amide bonds. The topological polar surface area (TPSA) is 111 Å². The van der Waals surface area contributed by atoms with Gasteiger partial charge in [0.1, 0.15) is 5.75 Å². The fourth-order valence-electron chi connectivity index (χ4n) is 2.66. The Morgan fingerprint density at radius 3 is 2.59 bits per heavy atom. The average Bonchev–Trinajstić information content (AvgIpc) is 2.57. The fraction of sp³-hybridized carbons (Fsp3) is 0.211. The lowest BCUT2D eigenvalue weighted by molar-refractivity contribution is 0.477. The first kappa shape index (κ1) is 20.4.